The van der Waals surface area contributed by atoms with Crippen LogP contribution in [0.15, 0.2) is 104 Å². The summed E-state index contributed by atoms with van der Waals surface area (Å²) in [6, 6.07) is 21.5. The van der Waals surface area contributed by atoms with E-state index in [0.29, 0.717) is 23.0 Å². The number of alkyl halides is 6. The average Bonchev–Trinajstić information content (AvgIpc) is 2.95. The van der Waals surface area contributed by atoms with Gasteiger partial charge in [0, 0.05) is 46.1 Å². The lowest BCUT2D eigenvalue weighted by molar-refractivity contribution is -0.143. The van der Waals surface area contributed by atoms with E-state index in [-0.39, 0.29) is 17.2 Å². The molecular formula is C31H17F6N3. The first-order valence-electron chi connectivity index (χ1n) is 12.1. The molecule has 0 N–H and O–H groups in total. The zero-order chi connectivity index (χ0) is 28.1. The van der Waals surface area contributed by atoms with Crippen molar-refractivity contribution in [2.75, 3.05) is 0 Å². The quantitative estimate of drug-likeness (QED) is 0.208. The van der Waals surface area contributed by atoms with Crippen LogP contribution in [0.5, 0.6) is 0 Å². The molecule has 0 spiro atoms. The Labute approximate surface area is 223 Å². The Kier molecular flexibility index (Phi) is 6.02. The number of halogens is 6. The second-order valence-electron chi connectivity index (χ2n) is 9.27. The van der Waals surface area contributed by atoms with Crippen molar-refractivity contribution in [3.63, 3.8) is 0 Å². The van der Waals surface area contributed by atoms with Gasteiger partial charge in [0.05, 0.1) is 27.9 Å². The molecule has 0 aliphatic carbocycles. The largest absolute Gasteiger partial charge is 0.416 e. The second kappa shape index (κ2) is 9.44. The van der Waals surface area contributed by atoms with Gasteiger partial charge in [-0.3, -0.25) is 15.0 Å². The van der Waals surface area contributed by atoms with Crippen LogP contribution in [0.25, 0.3) is 55.3 Å². The third-order valence-corrected chi connectivity index (χ3v) is 6.59. The number of nitrogens with zero attached hydrogens (tertiary/aromatic N) is 3. The highest BCUT2D eigenvalue weighted by molar-refractivity contribution is 5.88. The summed E-state index contributed by atoms with van der Waals surface area (Å²) in [4.78, 5) is 13.5. The molecule has 40 heavy (non-hydrogen) atoms. The number of rotatable bonds is 3. The molecule has 3 heterocycles. The average molecular weight is 545 g/mol. The maximum absolute atomic E-state index is 13.3. The summed E-state index contributed by atoms with van der Waals surface area (Å²) in [6.45, 7) is 0. The summed E-state index contributed by atoms with van der Waals surface area (Å²) in [5, 5.41) is 1.68. The highest BCUT2D eigenvalue weighted by Crippen LogP contribution is 2.39. The van der Waals surface area contributed by atoms with Crippen molar-refractivity contribution in [1.29, 1.82) is 0 Å². The normalized spacial score (nSPS) is 12.2. The molecule has 0 unspecified atom stereocenters. The third-order valence-electron chi connectivity index (χ3n) is 6.59. The third kappa shape index (κ3) is 4.98. The van der Waals surface area contributed by atoms with E-state index in [1.165, 1.54) is 12.1 Å². The van der Waals surface area contributed by atoms with Crippen LogP contribution in [-0.4, -0.2) is 15.0 Å². The van der Waals surface area contributed by atoms with Crippen LogP contribution in [0, 0.1) is 0 Å². The Morgan fingerprint density at radius 1 is 0.425 bits per heavy atom. The van der Waals surface area contributed by atoms with Gasteiger partial charge < -0.3 is 0 Å². The van der Waals surface area contributed by atoms with Gasteiger partial charge in [-0.25, -0.2) is 0 Å². The Bertz CT molecular complexity index is 1840. The molecule has 0 amide bonds. The second-order valence-corrected chi connectivity index (χ2v) is 9.27. The topological polar surface area (TPSA) is 38.7 Å². The summed E-state index contributed by atoms with van der Waals surface area (Å²) in [6.07, 6.45) is -4.78. The molecule has 0 aliphatic heterocycles. The number of fused-ring (bicyclic) bond motifs is 2. The summed E-state index contributed by atoms with van der Waals surface area (Å²) in [5.74, 6) is 0. The molecule has 6 aromatic rings. The number of para-hydroxylation sites is 1. The van der Waals surface area contributed by atoms with Gasteiger partial charge in [-0.15, -0.1) is 0 Å². The Morgan fingerprint density at radius 3 is 1.73 bits per heavy atom. The highest BCUT2D eigenvalue weighted by Gasteiger charge is 2.37. The van der Waals surface area contributed by atoms with Crippen LogP contribution in [0.4, 0.5) is 26.3 Å². The minimum absolute atomic E-state index is 0.116. The summed E-state index contributed by atoms with van der Waals surface area (Å²) >= 11 is 0. The molecule has 3 aromatic carbocycles. The highest BCUT2D eigenvalue weighted by atomic mass is 19.4. The van der Waals surface area contributed by atoms with Crippen LogP contribution in [-0.2, 0) is 12.4 Å². The molecule has 0 radical (unpaired) electrons. The lowest BCUT2D eigenvalue weighted by atomic mass is 9.97. The van der Waals surface area contributed by atoms with E-state index < -0.39 is 23.5 Å². The van der Waals surface area contributed by atoms with Gasteiger partial charge in [0.25, 0.3) is 0 Å². The van der Waals surface area contributed by atoms with E-state index in [1.807, 2.05) is 48.5 Å². The molecule has 0 saturated heterocycles. The van der Waals surface area contributed by atoms with Crippen LogP contribution >= 0.6 is 0 Å². The van der Waals surface area contributed by atoms with Crippen molar-refractivity contribution < 1.29 is 26.3 Å². The van der Waals surface area contributed by atoms with Crippen molar-refractivity contribution in [1.82, 2.24) is 15.0 Å². The Morgan fingerprint density at radius 2 is 1.02 bits per heavy atom. The Hall–Kier alpha value is -4.79. The zero-order valence-electron chi connectivity index (χ0n) is 20.4. The molecule has 0 bridgehead atoms. The van der Waals surface area contributed by atoms with Crippen LogP contribution in [0.2, 0.25) is 0 Å². The van der Waals surface area contributed by atoms with Gasteiger partial charge in [0.15, 0.2) is 0 Å². The fourth-order valence-electron chi connectivity index (χ4n) is 4.53. The number of aromatic nitrogens is 3. The molecule has 0 aliphatic rings. The van der Waals surface area contributed by atoms with Crippen molar-refractivity contribution >= 4 is 21.8 Å². The molecule has 0 atom stereocenters. The summed E-state index contributed by atoms with van der Waals surface area (Å²) in [5.41, 5.74) is 1.76. The van der Waals surface area contributed by atoms with Gasteiger partial charge >= 0.3 is 12.4 Å². The molecule has 0 saturated carbocycles. The minimum Gasteiger partial charge on any atom is -0.256 e. The van der Waals surface area contributed by atoms with Crippen LogP contribution in [0.3, 0.4) is 0 Å². The van der Waals surface area contributed by atoms with Crippen molar-refractivity contribution in [3.05, 3.63) is 115 Å². The van der Waals surface area contributed by atoms with Crippen LogP contribution in [0.1, 0.15) is 11.1 Å². The summed E-state index contributed by atoms with van der Waals surface area (Å²) in [7, 11) is 0. The molecule has 3 nitrogen and oxygen atoms in total. The first kappa shape index (κ1) is 25.5. The van der Waals surface area contributed by atoms with E-state index in [0.717, 1.165) is 33.3 Å². The number of benzene rings is 3. The fraction of sp³-hybridized carbons (Fsp3) is 0.0645. The summed E-state index contributed by atoms with van der Waals surface area (Å²) < 4.78 is 79.8. The zero-order valence-corrected chi connectivity index (χ0v) is 20.4. The lowest BCUT2D eigenvalue weighted by Crippen LogP contribution is -2.11. The standard InChI is InChI=1S/C31H17F6N3/c32-30(33,34)25-11-22(12-26(14-25)31(35,36)37)18-5-6-20-9-23(16-40-29(20)13-18)21-7-8-28(38-15-21)24-10-19-3-1-2-4-27(19)39-17-24/h1-17H. The van der Waals surface area contributed by atoms with Gasteiger partial charge in [-0.05, 0) is 59.7 Å². The lowest BCUT2D eigenvalue weighted by Gasteiger charge is -2.14. The van der Waals surface area contributed by atoms with Gasteiger partial charge in [0.1, 0.15) is 0 Å². The predicted octanol–water partition coefficient (Wildman–Crippen LogP) is 9.22. The van der Waals surface area contributed by atoms with E-state index >= 15 is 0 Å². The number of pyridine rings is 3. The predicted molar refractivity (Wildman–Crippen MR) is 141 cm³/mol. The number of hydrogen-bond donors (Lipinski definition) is 0. The van der Waals surface area contributed by atoms with E-state index in [2.05, 4.69) is 15.0 Å². The van der Waals surface area contributed by atoms with Crippen molar-refractivity contribution in [2.24, 2.45) is 0 Å². The van der Waals surface area contributed by atoms with Gasteiger partial charge in [0.2, 0.25) is 0 Å². The van der Waals surface area contributed by atoms with E-state index in [1.54, 1.807) is 24.7 Å². The molecule has 9 heteroatoms. The minimum atomic E-state index is -4.92. The van der Waals surface area contributed by atoms with E-state index in [4.69, 9.17) is 0 Å². The van der Waals surface area contributed by atoms with Crippen molar-refractivity contribution in [2.45, 2.75) is 12.4 Å². The maximum Gasteiger partial charge on any atom is 0.416 e. The first-order chi connectivity index (χ1) is 19.0. The first-order valence-corrected chi connectivity index (χ1v) is 12.1. The smallest absolute Gasteiger partial charge is 0.256 e. The van der Waals surface area contributed by atoms with Crippen molar-refractivity contribution in [3.8, 4) is 33.5 Å². The van der Waals surface area contributed by atoms with Gasteiger partial charge in [-0.2, -0.15) is 26.3 Å². The molecule has 0 fully saturated rings. The Balaban J connectivity index is 1.32. The SMILES string of the molecule is FC(F)(F)c1cc(-c2ccc3cc(-c4ccc(-c5cnc6ccccc6c5)nc4)cnc3c2)cc(C(F)(F)F)c1. The van der Waals surface area contributed by atoms with Gasteiger partial charge in [-0.1, -0.05) is 36.4 Å². The fourth-order valence-corrected chi connectivity index (χ4v) is 4.53. The monoisotopic (exact) mass is 545 g/mol. The molecule has 6 rings (SSSR count). The number of hydrogen-bond acceptors (Lipinski definition) is 3. The molecular weight excluding hydrogens is 528 g/mol. The van der Waals surface area contributed by atoms with E-state index in [9.17, 15) is 26.3 Å². The molecule has 198 valence electrons. The van der Waals surface area contributed by atoms with Crippen LogP contribution < -0.4 is 0 Å². The molecule has 3 aromatic heterocycles. The maximum atomic E-state index is 13.3.